The van der Waals surface area contributed by atoms with E-state index in [1.165, 1.54) is 19.2 Å². The predicted molar refractivity (Wildman–Crippen MR) is 98.0 cm³/mol. The molecule has 2 aromatic carbocycles. The van der Waals surface area contributed by atoms with E-state index in [0.29, 0.717) is 5.75 Å². The lowest BCUT2D eigenvalue weighted by molar-refractivity contribution is -0.685. The molecule has 0 fully saturated rings. The van der Waals surface area contributed by atoms with Crippen LogP contribution in [0.4, 0.5) is 5.69 Å². The molecule has 0 saturated heterocycles. The molecule has 0 saturated carbocycles. The second-order valence-corrected chi connectivity index (χ2v) is 6.10. The highest BCUT2D eigenvalue weighted by molar-refractivity contribution is 5.84. The molecule has 9 heteroatoms. The van der Waals surface area contributed by atoms with Crippen molar-refractivity contribution in [2.24, 2.45) is 5.16 Å². The van der Waals surface area contributed by atoms with Gasteiger partial charge in [0.2, 0.25) is 17.4 Å². The van der Waals surface area contributed by atoms with Gasteiger partial charge >= 0.3 is 5.97 Å². The van der Waals surface area contributed by atoms with Crippen LogP contribution in [0.15, 0.2) is 57.5 Å². The van der Waals surface area contributed by atoms with Crippen LogP contribution in [-0.2, 0) is 16.2 Å². The number of fused-ring (bicyclic) bond motifs is 1. The van der Waals surface area contributed by atoms with E-state index < -0.39 is 22.2 Å². The molecule has 146 valence electrons. The molecular weight excluding hydrogens is 430 g/mol. The topological polar surface area (TPSA) is 89.2 Å². The number of carbonyl (C=O) groups excluding carboxylic acids is 1. The van der Waals surface area contributed by atoms with Crippen molar-refractivity contribution in [3.63, 3.8) is 0 Å². The zero-order valence-electron chi connectivity index (χ0n) is 15.5. The largest absolute Gasteiger partial charge is 1.00 e. The first kappa shape index (κ1) is 21.2. The number of hydrogen-bond acceptors (Lipinski definition) is 7. The Morgan fingerprint density at radius 2 is 1.71 bits per heavy atom. The van der Waals surface area contributed by atoms with E-state index in [0.717, 1.165) is 5.69 Å². The third kappa shape index (κ3) is 4.25. The first-order valence-corrected chi connectivity index (χ1v) is 8.12. The molecular formula is C19H18BrN3O5. The molecule has 3 aromatic rings. The Balaban J connectivity index is 0.00000280. The van der Waals surface area contributed by atoms with Crippen LogP contribution < -0.4 is 47.4 Å². The number of nitrogens with zero attached hydrogens (tertiary/aromatic N) is 3. The number of hydrogen-bond donors (Lipinski definition) is 0. The molecule has 0 unspecified atom stereocenters. The highest BCUT2D eigenvalue weighted by Crippen LogP contribution is 2.14. The number of carbonyl (C=O) groups is 1. The molecule has 0 aliphatic rings. The van der Waals surface area contributed by atoms with Crippen LogP contribution >= 0.6 is 0 Å². The molecule has 3 rings (SSSR count). The van der Waals surface area contributed by atoms with Crippen LogP contribution in [0.5, 0.6) is 5.75 Å². The molecule has 1 heterocycles. The van der Waals surface area contributed by atoms with Crippen LogP contribution in [0.2, 0.25) is 0 Å². The third-order valence-electron chi connectivity index (χ3n) is 4.09. The van der Waals surface area contributed by atoms with Crippen molar-refractivity contribution in [1.82, 2.24) is 0 Å². The van der Waals surface area contributed by atoms with Crippen molar-refractivity contribution < 1.29 is 35.9 Å². The van der Waals surface area contributed by atoms with Gasteiger partial charge in [-0.1, -0.05) is 5.16 Å². The number of pyridine rings is 1. The number of benzene rings is 1. The fraction of sp³-hybridized carbons (Fsp3) is 0.211. The zero-order valence-corrected chi connectivity index (χ0v) is 17.1. The molecule has 0 atom stereocenters. The minimum Gasteiger partial charge on any atom is -1.00 e. The highest BCUT2D eigenvalue weighted by atomic mass is 79.9. The molecule has 0 N–H and O–H groups in total. The highest BCUT2D eigenvalue weighted by Gasteiger charge is 2.15. The summed E-state index contributed by atoms with van der Waals surface area (Å²) >= 11 is 0. The Morgan fingerprint density at radius 1 is 1.07 bits per heavy atom. The number of methoxy groups -OCH3 is 1. The van der Waals surface area contributed by atoms with E-state index in [1.54, 1.807) is 23.0 Å². The summed E-state index contributed by atoms with van der Waals surface area (Å²) in [5.74, 6) is -0.245. The van der Waals surface area contributed by atoms with Crippen molar-refractivity contribution in [3.05, 3.63) is 68.5 Å². The number of anilines is 1. The van der Waals surface area contributed by atoms with Gasteiger partial charge in [0, 0.05) is 42.7 Å². The normalized spacial score (nSPS) is 11.2. The van der Waals surface area contributed by atoms with E-state index in [9.17, 15) is 14.4 Å². The van der Waals surface area contributed by atoms with E-state index >= 15 is 0 Å². The maximum Gasteiger partial charge on any atom is 0.399 e. The number of halogens is 1. The molecule has 0 spiro atoms. The number of aromatic nitrogens is 1. The minimum atomic E-state index is -0.695. The van der Waals surface area contributed by atoms with Crippen LogP contribution in [-0.4, -0.2) is 27.2 Å². The van der Waals surface area contributed by atoms with E-state index in [1.807, 2.05) is 31.1 Å². The molecule has 0 amide bonds. The SMILES string of the molecule is COc1ccc2c(=O)c(=NOC(=O)C[n+]3ccc(N(C)C)cc3)c(=O)c2c1.[Br-]. The lowest BCUT2D eigenvalue weighted by Gasteiger charge is -2.10. The summed E-state index contributed by atoms with van der Waals surface area (Å²) in [6, 6.07) is 8.20. The summed E-state index contributed by atoms with van der Waals surface area (Å²) in [6.45, 7) is -0.104. The van der Waals surface area contributed by atoms with Gasteiger partial charge in [-0.15, -0.1) is 0 Å². The standard InChI is InChI=1S/C19H18N3O5.BrH/c1-21(2)12-6-8-22(9-7-12)11-16(23)27-20-17-18(24)14-5-4-13(26-3)10-15(14)19(17)25;/h4-10H,11H2,1-3H3;1H/q+1;/p-1. The minimum absolute atomic E-state index is 0. The molecule has 0 aliphatic heterocycles. The molecule has 0 bridgehead atoms. The van der Waals surface area contributed by atoms with Crippen molar-refractivity contribution in [1.29, 1.82) is 0 Å². The fourth-order valence-electron chi connectivity index (χ4n) is 2.60. The van der Waals surface area contributed by atoms with Crippen LogP contribution in [0.1, 0.15) is 0 Å². The van der Waals surface area contributed by atoms with E-state index in [2.05, 4.69) is 5.16 Å². The molecule has 1 aromatic heterocycles. The van der Waals surface area contributed by atoms with Crippen LogP contribution in [0.3, 0.4) is 0 Å². The van der Waals surface area contributed by atoms with Crippen molar-refractivity contribution in [2.45, 2.75) is 6.54 Å². The zero-order chi connectivity index (χ0) is 19.6. The van der Waals surface area contributed by atoms with Gasteiger partial charge < -0.3 is 31.5 Å². The molecule has 8 nitrogen and oxygen atoms in total. The third-order valence-corrected chi connectivity index (χ3v) is 4.09. The lowest BCUT2D eigenvalue weighted by atomic mass is 10.2. The van der Waals surface area contributed by atoms with Crippen molar-refractivity contribution >= 4 is 22.4 Å². The van der Waals surface area contributed by atoms with Crippen molar-refractivity contribution in [3.8, 4) is 5.75 Å². The second-order valence-electron chi connectivity index (χ2n) is 6.10. The summed E-state index contributed by atoms with van der Waals surface area (Å²) in [6.07, 6.45) is 3.44. The van der Waals surface area contributed by atoms with Gasteiger partial charge in [0.25, 0.3) is 0 Å². The Labute approximate surface area is 170 Å². The van der Waals surface area contributed by atoms with Crippen LogP contribution in [0, 0.1) is 0 Å². The van der Waals surface area contributed by atoms with Gasteiger partial charge in [-0.2, -0.15) is 4.57 Å². The van der Waals surface area contributed by atoms with Gasteiger partial charge in [0.05, 0.1) is 7.11 Å². The predicted octanol–water partition coefficient (Wildman–Crippen LogP) is -3.14. The van der Waals surface area contributed by atoms with Gasteiger partial charge in [0.1, 0.15) is 5.75 Å². The van der Waals surface area contributed by atoms with Gasteiger partial charge in [0.15, 0.2) is 17.8 Å². The smallest absolute Gasteiger partial charge is 0.399 e. The number of ether oxygens (including phenoxy) is 1. The Kier molecular flexibility index (Phi) is 6.63. The summed E-state index contributed by atoms with van der Waals surface area (Å²) in [5, 5.41) is 3.48. The first-order chi connectivity index (χ1) is 12.9. The molecule has 28 heavy (non-hydrogen) atoms. The second kappa shape index (κ2) is 8.75. The Bertz CT molecular complexity index is 1150. The van der Waals surface area contributed by atoms with E-state index in [-0.39, 0.29) is 34.3 Å². The maximum absolute atomic E-state index is 12.3. The average molecular weight is 448 g/mol. The first-order valence-electron chi connectivity index (χ1n) is 8.12. The molecule has 0 radical (unpaired) electrons. The number of rotatable bonds is 5. The Morgan fingerprint density at radius 3 is 2.32 bits per heavy atom. The van der Waals surface area contributed by atoms with Crippen LogP contribution in [0.25, 0.3) is 10.8 Å². The van der Waals surface area contributed by atoms with Gasteiger partial charge in [-0.25, -0.2) is 4.79 Å². The van der Waals surface area contributed by atoms with Gasteiger partial charge in [-0.3, -0.25) is 9.59 Å². The average Bonchev–Trinajstić information content (AvgIpc) is 2.90. The van der Waals surface area contributed by atoms with E-state index in [4.69, 9.17) is 9.57 Å². The summed E-state index contributed by atoms with van der Waals surface area (Å²) < 4.78 is 6.66. The Hall–Kier alpha value is -3.07. The van der Waals surface area contributed by atoms with Crippen molar-refractivity contribution in [2.75, 3.05) is 26.1 Å². The fourth-order valence-corrected chi connectivity index (χ4v) is 2.60. The quantitative estimate of drug-likeness (QED) is 0.233. The van der Waals surface area contributed by atoms with Gasteiger partial charge in [-0.05, 0) is 18.2 Å². The molecule has 0 aliphatic carbocycles. The summed E-state index contributed by atoms with van der Waals surface area (Å²) in [7, 11) is 5.28. The maximum atomic E-state index is 12.3. The summed E-state index contributed by atoms with van der Waals surface area (Å²) in [5.41, 5.74) is -0.187. The monoisotopic (exact) mass is 447 g/mol. The summed E-state index contributed by atoms with van der Waals surface area (Å²) in [4.78, 5) is 43.3. The lowest BCUT2D eigenvalue weighted by Crippen LogP contribution is -3.00.